The summed E-state index contributed by atoms with van der Waals surface area (Å²) in [4.78, 5) is 5.57. The average Bonchev–Trinajstić information content (AvgIpc) is 3.79. The third-order valence-electron chi connectivity index (χ3n) is 15.9. The van der Waals surface area contributed by atoms with Gasteiger partial charge in [0.1, 0.15) is 11.2 Å². The van der Waals surface area contributed by atoms with E-state index in [0.717, 1.165) is 34.8 Å². The van der Waals surface area contributed by atoms with Gasteiger partial charge >= 0.3 is 6.85 Å². The quantitative estimate of drug-likeness (QED) is 0.165. The van der Waals surface area contributed by atoms with E-state index in [-0.39, 0.29) is 23.2 Å². The van der Waals surface area contributed by atoms with E-state index in [9.17, 15) is 0 Å². The van der Waals surface area contributed by atoms with Gasteiger partial charge in [0.05, 0.1) is 5.69 Å². The van der Waals surface area contributed by atoms with Crippen LogP contribution >= 0.6 is 0 Å². The Balaban J connectivity index is 1.20. The summed E-state index contributed by atoms with van der Waals surface area (Å²) < 4.78 is 6.84. The van der Waals surface area contributed by atoms with Crippen LogP contribution in [0, 0.1) is 0 Å². The Morgan fingerprint density at radius 1 is 0.516 bits per heavy atom. The molecule has 4 heteroatoms. The van der Waals surface area contributed by atoms with Gasteiger partial charge in [0.2, 0.25) is 0 Å². The van der Waals surface area contributed by atoms with Crippen molar-refractivity contribution in [3.8, 4) is 44.5 Å². The maximum absolute atomic E-state index is 6.84. The molecule has 1 aromatic heterocycles. The third-order valence-corrected chi connectivity index (χ3v) is 15.9. The first-order valence-corrected chi connectivity index (χ1v) is 23.3. The van der Waals surface area contributed by atoms with Crippen LogP contribution in [0.5, 0.6) is 0 Å². The van der Waals surface area contributed by atoms with E-state index in [2.05, 4.69) is 214 Å². The number of benzene rings is 8. The lowest BCUT2D eigenvalue weighted by molar-refractivity contribution is 0.199. The highest BCUT2D eigenvalue weighted by Gasteiger charge is 2.63. The molecule has 3 aliphatic heterocycles. The van der Waals surface area contributed by atoms with Crippen LogP contribution in [-0.2, 0) is 10.8 Å². The normalized spacial score (nSPS) is 19.4. The molecule has 1 aliphatic carbocycles. The van der Waals surface area contributed by atoms with Gasteiger partial charge in [0, 0.05) is 49.9 Å². The van der Waals surface area contributed by atoms with Crippen molar-refractivity contribution in [1.29, 1.82) is 0 Å². The Morgan fingerprint density at radius 2 is 1.16 bits per heavy atom. The molecule has 4 aliphatic rings. The van der Waals surface area contributed by atoms with Crippen LogP contribution in [0.15, 0.2) is 174 Å². The predicted octanol–water partition coefficient (Wildman–Crippen LogP) is 14.9. The maximum atomic E-state index is 6.84. The number of rotatable bonds is 4. The molecule has 0 saturated heterocycles. The molecule has 310 valence electrons. The van der Waals surface area contributed by atoms with Gasteiger partial charge in [-0.05, 0) is 135 Å². The van der Waals surface area contributed by atoms with Crippen molar-refractivity contribution in [1.82, 2.24) is 0 Å². The highest BCUT2D eigenvalue weighted by atomic mass is 16.3. The standard InChI is InChI=1S/C60H51BN2O/c1-58(2,3)43-27-28-51(45(35-43)40-23-13-8-14-24-40)62-52-36-46-44-25-15-16-26-54(44)64-55(46)37-50(52)61-56-47(31-42(34-53(56)62)39-21-11-7-12-22-39)48-32-41(38-19-9-6-10-20-38)33-49-57(48)63(61)60(5)30-18-17-29-59(49,60)4/h6-16,19-28,31-37H,17-18,29-30H2,1-5H3. The topological polar surface area (TPSA) is 19.6 Å². The van der Waals surface area contributed by atoms with Gasteiger partial charge in [-0.3, -0.25) is 0 Å². The zero-order valence-corrected chi connectivity index (χ0v) is 37.4. The number of furan rings is 1. The van der Waals surface area contributed by atoms with Crippen LogP contribution in [0.25, 0.3) is 66.4 Å². The van der Waals surface area contributed by atoms with Crippen LogP contribution in [0.2, 0.25) is 0 Å². The first-order chi connectivity index (χ1) is 31.1. The number of hydrogen-bond donors (Lipinski definition) is 0. The molecule has 1 fully saturated rings. The lowest BCUT2D eigenvalue weighted by Gasteiger charge is -2.55. The fraction of sp³-hybridized carbons (Fsp3) is 0.200. The molecule has 4 heterocycles. The van der Waals surface area contributed by atoms with Crippen LogP contribution in [-0.4, -0.2) is 12.4 Å². The summed E-state index contributed by atoms with van der Waals surface area (Å²) >= 11 is 0. The number of anilines is 4. The fourth-order valence-electron chi connectivity index (χ4n) is 12.5. The minimum atomic E-state index is -0.124. The second kappa shape index (κ2) is 13.4. The van der Waals surface area contributed by atoms with Gasteiger partial charge in [-0.25, -0.2) is 0 Å². The molecule has 2 unspecified atom stereocenters. The number of nitrogens with zero attached hydrogens (tertiary/aromatic N) is 2. The van der Waals surface area contributed by atoms with Crippen molar-refractivity contribution in [2.75, 3.05) is 9.71 Å². The molecule has 3 nitrogen and oxygen atoms in total. The molecular weight excluding hydrogens is 775 g/mol. The molecule has 2 atom stereocenters. The lowest BCUT2D eigenvalue weighted by Crippen LogP contribution is -2.70. The van der Waals surface area contributed by atoms with E-state index in [1.54, 1.807) is 0 Å². The van der Waals surface area contributed by atoms with Crippen molar-refractivity contribution in [2.24, 2.45) is 0 Å². The molecule has 0 N–H and O–H groups in total. The Morgan fingerprint density at radius 3 is 1.88 bits per heavy atom. The maximum Gasteiger partial charge on any atom is 0.329 e. The first-order valence-electron chi connectivity index (χ1n) is 23.3. The summed E-state index contributed by atoms with van der Waals surface area (Å²) in [5.74, 6) is 0. The van der Waals surface area contributed by atoms with Crippen molar-refractivity contribution in [2.45, 2.75) is 76.7 Å². The molecule has 64 heavy (non-hydrogen) atoms. The zero-order chi connectivity index (χ0) is 43.1. The van der Waals surface area contributed by atoms with Crippen molar-refractivity contribution in [3.63, 3.8) is 0 Å². The molecule has 0 amide bonds. The van der Waals surface area contributed by atoms with Gasteiger partial charge in [-0.15, -0.1) is 0 Å². The Bertz CT molecular complexity index is 3370. The molecule has 13 rings (SSSR count). The second-order valence-corrected chi connectivity index (χ2v) is 20.4. The van der Waals surface area contributed by atoms with E-state index in [4.69, 9.17) is 4.42 Å². The van der Waals surface area contributed by atoms with Gasteiger partial charge in [0.15, 0.2) is 0 Å². The first kappa shape index (κ1) is 37.8. The zero-order valence-electron chi connectivity index (χ0n) is 37.4. The van der Waals surface area contributed by atoms with Crippen LogP contribution < -0.4 is 20.6 Å². The summed E-state index contributed by atoms with van der Waals surface area (Å²) in [5, 5.41) is 2.29. The molecule has 0 bridgehead atoms. The molecule has 0 radical (unpaired) electrons. The summed E-state index contributed by atoms with van der Waals surface area (Å²) in [5.41, 5.74) is 22.3. The van der Waals surface area contributed by atoms with E-state index in [1.807, 2.05) is 0 Å². The molecule has 8 aromatic carbocycles. The van der Waals surface area contributed by atoms with Crippen molar-refractivity contribution < 1.29 is 4.42 Å². The van der Waals surface area contributed by atoms with Crippen LogP contribution in [0.3, 0.4) is 0 Å². The number of fused-ring (bicyclic) bond motifs is 10. The largest absolute Gasteiger partial charge is 0.456 e. The van der Waals surface area contributed by atoms with Gasteiger partial charge in [0.25, 0.3) is 0 Å². The highest BCUT2D eigenvalue weighted by Crippen LogP contribution is 2.64. The number of hydrogen-bond acceptors (Lipinski definition) is 3. The van der Waals surface area contributed by atoms with E-state index in [0.29, 0.717) is 0 Å². The molecular formula is C60H51BN2O. The fourth-order valence-corrected chi connectivity index (χ4v) is 12.5. The summed E-state index contributed by atoms with van der Waals surface area (Å²) in [7, 11) is 0. The van der Waals surface area contributed by atoms with Crippen molar-refractivity contribution >= 4 is 62.5 Å². The predicted molar refractivity (Wildman–Crippen MR) is 271 cm³/mol. The third kappa shape index (κ3) is 5.17. The SMILES string of the molecule is CC(C)(C)c1ccc(N2c3cc4c(cc3B3c5c(cc(-c6ccccc6)cc52)-c2cc(-c5ccccc5)cc5c2N3C2(C)CCCCC52C)oc2ccccc24)c(-c2ccccc2)c1. The van der Waals surface area contributed by atoms with Crippen LogP contribution in [0.1, 0.15) is 71.4 Å². The minimum absolute atomic E-state index is 0.0308. The molecule has 9 aromatic rings. The van der Waals surface area contributed by atoms with Gasteiger partial charge < -0.3 is 14.1 Å². The monoisotopic (exact) mass is 826 g/mol. The summed E-state index contributed by atoms with van der Waals surface area (Å²) in [6.07, 6.45) is 4.76. The molecule has 0 spiro atoms. The van der Waals surface area contributed by atoms with Gasteiger partial charge in [-0.2, -0.15) is 0 Å². The van der Waals surface area contributed by atoms with Crippen LogP contribution in [0.4, 0.5) is 22.7 Å². The lowest BCUT2D eigenvalue weighted by atomic mass is 9.42. The second-order valence-electron chi connectivity index (χ2n) is 20.4. The molecule has 1 saturated carbocycles. The highest BCUT2D eigenvalue weighted by molar-refractivity contribution is 6.93. The smallest absolute Gasteiger partial charge is 0.329 e. The van der Waals surface area contributed by atoms with E-state index >= 15 is 0 Å². The summed E-state index contributed by atoms with van der Waals surface area (Å²) in [6.45, 7) is 12.1. The Labute approximate surface area is 377 Å². The van der Waals surface area contributed by atoms with E-state index < -0.39 is 0 Å². The minimum Gasteiger partial charge on any atom is -0.456 e. The summed E-state index contributed by atoms with van der Waals surface area (Å²) in [6, 6.07) is 64.0. The van der Waals surface area contributed by atoms with E-state index in [1.165, 1.54) is 102 Å². The van der Waals surface area contributed by atoms with Gasteiger partial charge in [-0.1, -0.05) is 156 Å². The Hall–Kier alpha value is -6.78. The average molecular weight is 827 g/mol. The number of para-hydroxylation sites is 1. The van der Waals surface area contributed by atoms with Crippen molar-refractivity contribution in [3.05, 3.63) is 181 Å². The Kier molecular flexibility index (Phi) is 7.89.